The maximum Gasteiger partial charge on any atom is 0.0988 e. The number of rotatable bonds is 2. The van der Waals surface area contributed by atoms with E-state index < -0.39 is 0 Å². The smallest absolute Gasteiger partial charge is 0.0988 e. The molecule has 3 rings (SSSR count). The summed E-state index contributed by atoms with van der Waals surface area (Å²) in [4.78, 5) is 4.83. The Morgan fingerprint density at radius 3 is 2.56 bits per heavy atom. The average Bonchev–Trinajstić information content (AvgIpc) is 2.83. The van der Waals surface area contributed by atoms with Crippen LogP contribution in [-0.4, -0.2) is 24.2 Å². The van der Waals surface area contributed by atoms with Crippen LogP contribution in [0.5, 0.6) is 0 Å². The Hall–Kier alpha value is -2.14. The summed E-state index contributed by atoms with van der Waals surface area (Å²) >= 11 is 0. The van der Waals surface area contributed by atoms with Gasteiger partial charge in [-0.3, -0.25) is 0 Å². The molecule has 0 amide bonds. The van der Waals surface area contributed by atoms with Crippen molar-refractivity contribution in [1.29, 1.82) is 0 Å². The summed E-state index contributed by atoms with van der Waals surface area (Å²) in [6, 6.07) is 10.6. The van der Waals surface area contributed by atoms with Crippen molar-refractivity contribution < 1.29 is 0 Å². The molecule has 90 valence electrons. The second kappa shape index (κ2) is 4.62. The molecule has 0 unspecified atom stereocenters. The van der Waals surface area contributed by atoms with Gasteiger partial charge >= 0.3 is 0 Å². The lowest BCUT2D eigenvalue weighted by Crippen LogP contribution is -2.35. The predicted octanol–water partition coefficient (Wildman–Crippen LogP) is 2.92. The van der Waals surface area contributed by atoms with E-state index in [1.54, 1.807) is 0 Å². The highest BCUT2D eigenvalue weighted by Gasteiger charge is 2.28. The molecular formula is C16H16N2. The van der Waals surface area contributed by atoms with Gasteiger partial charge in [0.05, 0.1) is 6.17 Å². The highest BCUT2D eigenvalue weighted by Crippen LogP contribution is 2.26. The standard InChI is InChI=1S/C16H16N2/c1-14-17(15-8-4-2-5-9-15)12-13-18(14)16-10-6-3-7-11-16/h2,4-6,8-11,14H,12-13H2,1H3/t14-/m1/s1. The Balaban J connectivity index is 1.81. The second-order valence-corrected chi connectivity index (χ2v) is 4.55. The van der Waals surface area contributed by atoms with Crippen molar-refractivity contribution in [2.24, 2.45) is 0 Å². The fourth-order valence-corrected chi connectivity index (χ4v) is 2.58. The van der Waals surface area contributed by atoms with E-state index in [0.29, 0.717) is 6.17 Å². The third-order valence-electron chi connectivity index (χ3n) is 3.54. The maximum absolute atomic E-state index is 3.03. The van der Waals surface area contributed by atoms with Gasteiger partial charge in [0.2, 0.25) is 0 Å². The zero-order chi connectivity index (χ0) is 12.4. The molecule has 1 aromatic rings. The molecule has 0 saturated carbocycles. The fourth-order valence-electron chi connectivity index (χ4n) is 2.58. The molecule has 1 atom stereocenters. The molecule has 1 aliphatic carbocycles. The van der Waals surface area contributed by atoms with Gasteiger partial charge in [-0.15, -0.1) is 0 Å². The Kier molecular flexibility index (Phi) is 2.82. The lowest BCUT2D eigenvalue weighted by molar-refractivity contribution is 0.351. The van der Waals surface area contributed by atoms with Gasteiger partial charge in [0.1, 0.15) is 0 Å². The topological polar surface area (TPSA) is 6.48 Å². The SMILES string of the molecule is C[C@H]1N(C2=CC=C=C=C2)CCN1c1ccccc1. The van der Waals surface area contributed by atoms with Crippen LogP contribution in [0.1, 0.15) is 6.92 Å². The van der Waals surface area contributed by atoms with Gasteiger partial charge < -0.3 is 9.80 Å². The van der Waals surface area contributed by atoms with Crippen LogP contribution in [0.25, 0.3) is 0 Å². The van der Waals surface area contributed by atoms with E-state index in [4.69, 9.17) is 0 Å². The van der Waals surface area contributed by atoms with Crippen molar-refractivity contribution in [1.82, 2.24) is 4.90 Å². The molecular weight excluding hydrogens is 220 g/mol. The van der Waals surface area contributed by atoms with E-state index in [1.165, 1.54) is 11.4 Å². The van der Waals surface area contributed by atoms with Crippen LogP contribution in [0.4, 0.5) is 5.69 Å². The van der Waals surface area contributed by atoms with Crippen LogP contribution in [0.2, 0.25) is 0 Å². The fraction of sp³-hybridized carbons (Fsp3) is 0.250. The van der Waals surface area contributed by atoms with Gasteiger partial charge in [-0.25, -0.2) is 0 Å². The van der Waals surface area contributed by atoms with Gasteiger partial charge in [-0.05, 0) is 31.2 Å². The number of benzene rings is 1. The summed E-state index contributed by atoms with van der Waals surface area (Å²) in [5, 5.41) is 0. The number of hydrogen-bond donors (Lipinski definition) is 0. The van der Waals surface area contributed by atoms with Gasteiger partial charge in [0, 0.05) is 30.5 Å². The van der Waals surface area contributed by atoms with Crippen molar-refractivity contribution in [2.45, 2.75) is 13.1 Å². The highest BCUT2D eigenvalue weighted by atomic mass is 15.4. The molecule has 2 aliphatic rings. The van der Waals surface area contributed by atoms with Crippen LogP contribution in [0.15, 0.2) is 65.7 Å². The summed E-state index contributed by atoms with van der Waals surface area (Å²) in [7, 11) is 0. The molecule has 0 bridgehead atoms. The molecule has 1 heterocycles. The van der Waals surface area contributed by atoms with E-state index in [2.05, 4.69) is 64.6 Å². The molecule has 1 saturated heterocycles. The van der Waals surface area contributed by atoms with E-state index in [1.807, 2.05) is 12.2 Å². The van der Waals surface area contributed by atoms with Crippen molar-refractivity contribution >= 4 is 5.69 Å². The normalized spacial score (nSPS) is 21.6. The maximum atomic E-state index is 3.03. The molecule has 2 heteroatoms. The molecule has 1 aromatic carbocycles. The van der Waals surface area contributed by atoms with Crippen molar-refractivity contribution in [2.75, 3.05) is 18.0 Å². The third-order valence-corrected chi connectivity index (χ3v) is 3.54. The Morgan fingerprint density at radius 2 is 1.83 bits per heavy atom. The van der Waals surface area contributed by atoms with Crippen molar-refractivity contribution in [3.8, 4) is 0 Å². The van der Waals surface area contributed by atoms with Crippen molar-refractivity contribution in [3.63, 3.8) is 0 Å². The third kappa shape index (κ3) is 1.89. The van der Waals surface area contributed by atoms with E-state index >= 15 is 0 Å². The number of nitrogens with zero attached hydrogens (tertiary/aromatic N) is 2. The molecule has 1 aliphatic heterocycles. The Bertz CT molecular complexity index is 558. The van der Waals surface area contributed by atoms with Crippen LogP contribution >= 0.6 is 0 Å². The number of anilines is 1. The van der Waals surface area contributed by atoms with E-state index in [0.717, 1.165) is 13.1 Å². The summed E-state index contributed by atoms with van der Waals surface area (Å²) in [5.41, 5.74) is 8.49. The second-order valence-electron chi connectivity index (χ2n) is 4.55. The van der Waals surface area contributed by atoms with Crippen LogP contribution in [0.3, 0.4) is 0 Å². The molecule has 1 fully saturated rings. The number of hydrogen-bond acceptors (Lipinski definition) is 2. The number of allylic oxidation sites excluding steroid dienone is 3. The first-order valence-corrected chi connectivity index (χ1v) is 6.32. The summed E-state index contributed by atoms with van der Waals surface area (Å²) < 4.78 is 0. The average molecular weight is 236 g/mol. The van der Waals surface area contributed by atoms with Crippen LogP contribution in [-0.2, 0) is 0 Å². The summed E-state index contributed by atoms with van der Waals surface area (Å²) in [6.45, 7) is 4.36. The molecule has 0 radical (unpaired) electrons. The first kappa shape index (κ1) is 11.0. The van der Waals surface area contributed by atoms with Gasteiger partial charge in [-0.1, -0.05) is 29.7 Å². The molecule has 2 nitrogen and oxygen atoms in total. The molecule has 18 heavy (non-hydrogen) atoms. The minimum Gasteiger partial charge on any atom is -0.350 e. The minimum absolute atomic E-state index is 0.378. The Morgan fingerprint density at radius 1 is 1.06 bits per heavy atom. The minimum atomic E-state index is 0.378. The molecule has 0 aromatic heterocycles. The Labute approximate surface area is 108 Å². The van der Waals surface area contributed by atoms with Crippen LogP contribution < -0.4 is 4.90 Å². The molecule has 0 spiro atoms. The van der Waals surface area contributed by atoms with E-state index in [-0.39, 0.29) is 0 Å². The van der Waals surface area contributed by atoms with E-state index in [9.17, 15) is 0 Å². The zero-order valence-electron chi connectivity index (χ0n) is 10.5. The van der Waals surface area contributed by atoms with Gasteiger partial charge in [0.25, 0.3) is 0 Å². The van der Waals surface area contributed by atoms with Crippen LogP contribution in [0, 0.1) is 0 Å². The number of para-hydroxylation sites is 1. The summed E-state index contributed by atoms with van der Waals surface area (Å²) in [6.07, 6.45) is 6.41. The quantitative estimate of drug-likeness (QED) is 0.728. The summed E-state index contributed by atoms with van der Waals surface area (Å²) in [5.74, 6) is 0. The lowest BCUT2D eigenvalue weighted by Gasteiger charge is -2.30. The first-order chi connectivity index (χ1) is 8.86. The first-order valence-electron chi connectivity index (χ1n) is 6.32. The molecule has 0 N–H and O–H groups in total. The highest BCUT2D eigenvalue weighted by molar-refractivity contribution is 5.48. The predicted molar refractivity (Wildman–Crippen MR) is 74.2 cm³/mol. The zero-order valence-corrected chi connectivity index (χ0v) is 10.5. The monoisotopic (exact) mass is 236 g/mol. The largest absolute Gasteiger partial charge is 0.350 e. The van der Waals surface area contributed by atoms with Gasteiger partial charge in [-0.2, -0.15) is 0 Å². The van der Waals surface area contributed by atoms with Crippen molar-refractivity contribution in [3.05, 3.63) is 65.7 Å². The van der Waals surface area contributed by atoms with Gasteiger partial charge in [0.15, 0.2) is 0 Å². The lowest BCUT2D eigenvalue weighted by atomic mass is 10.2.